The molecule has 0 aliphatic carbocycles. The van der Waals surface area contributed by atoms with E-state index in [-0.39, 0.29) is 5.91 Å². The molecule has 14 heavy (non-hydrogen) atoms. The van der Waals surface area contributed by atoms with Crippen LogP contribution in [0.3, 0.4) is 0 Å². The number of carbonyl (C=O) groups excluding carboxylic acids is 1. The monoisotopic (exact) mass is 253 g/mol. The van der Waals surface area contributed by atoms with Crippen LogP contribution in [-0.4, -0.2) is 12.5 Å². The zero-order chi connectivity index (χ0) is 10.3. The van der Waals surface area contributed by atoms with E-state index in [1.165, 1.54) is 11.1 Å². The van der Waals surface area contributed by atoms with Gasteiger partial charge in [-0.1, -0.05) is 15.9 Å². The van der Waals surface area contributed by atoms with E-state index in [4.69, 9.17) is 0 Å². The molecule has 3 heteroatoms. The summed E-state index contributed by atoms with van der Waals surface area (Å²) in [6, 6.07) is 4.16. The summed E-state index contributed by atoms with van der Waals surface area (Å²) in [6.07, 6.45) is 0.967. The van der Waals surface area contributed by atoms with E-state index < -0.39 is 0 Å². The van der Waals surface area contributed by atoms with Gasteiger partial charge in [-0.25, -0.2) is 0 Å². The lowest BCUT2D eigenvalue weighted by Gasteiger charge is -2.17. The molecule has 1 heterocycles. The van der Waals surface area contributed by atoms with E-state index in [1.807, 2.05) is 11.8 Å². The van der Waals surface area contributed by atoms with Crippen LogP contribution in [0.1, 0.15) is 18.1 Å². The van der Waals surface area contributed by atoms with Crippen molar-refractivity contribution in [1.82, 2.24) is 0 Å². The van der Waals surface area contributed by atoms with Gasteiger partial charge in [0.2, 0.25) is 5.91 Å². The first-order valence-corrected chi connectivity index (χ1v) is 5.46. The Hall–Kier alpha value is -0.830. The van der Waals surface area contributed by atoms with Gasteiger partial charge < -0.3 is 4.90 Å². The number of nitrogens with zero attached hydrogens (tertiary/aromatic N) is 1. The van der Waals surface area contributed by atoms with Crippen molar-refractivity contribution in [2.75, 3.05) is 11.4 Å². The maximum Gasteiger partial charge on any atom is 0.223 e. The maximum atomic E-state index is 11.4. The lowest BCUT2D eigenvalue weighted by molar-refractivity contribution is -0.116. The Morgan fingerprint density at radius 2 is 2.21 bits per heavy atom. The van der Waals surface area contributed by atoms with Crippen molar-refractivity contribution in [1.29, 1.82) is 0 Å². The molecule has 1 aromatic rings. The number of halogens is 1. The maximum absolute atomic E-state index is 11.4. The lowest BCUT2D eigenvalue weighted by Crippen LogP contribution is -2.26. The van der Waals surface area contributed by atoms with Gasteiger partial charge in [-0.05, 0) is 36.6 Å². The molecule has 0 radical (unpaired) electrons. The van der Waals surface area contributed by atoms with Crippen molar-refractivity contribution in [2.24, 2.45) is 0 Å². The van der Waals surface area contributed by atoms with Gasteiger partial charge >= 0.3 is 0 Å². The topological polar surface area (TPSA) is 20.3 Å². The number of hydrogen-bond acceptors (Lipinski definition) is 1. The second-order valence-electron chi connectivity index (χ2n) is 3.65. The van der Waals surface area contributed by atoms with E-state index in [0.717, 1.165) is 23.1 Å². The molecule has 1 amide bonds. The number of anilines is 1. The summed E-state index contributed by atoms with van der Waals surface area (Å²) in [4.78, 5) is 13.2. The first-order chi connectivity index (χ1) is 6.59. The molecule has 1 aliphatic heterocycles. The number of amides is 1. The second-order valence-corrected chi connectivity index (χ2v) is 4.57. The number of benzene rings is 1. The summed E-state index contributed by atoms with van der Waals surface area (Å²) in [7, 11) is 0. The summed E-state index contributed by atoms with van der Waals surface area (Å²) in [5.41, 5.74) is 3.55. The molecule has 74 valence electrons. The fraction of sp³-hybridized carbons (Fsp3) is 0.364. The van der Waals surface area contributed by atoms with Gasteiger partial charge in [0, 0.05) is 23.6 Å². The van der Waals surface area contributed by atoms with E-state index in [1.54, 1.807) is 6.92 Å². The quantitative estimate of drug-likeness (QED) is 0.697. The molecule has 0 fully saturated rings. The zero-order valence-electron chi connectivity index (χ0n) is 8.30. The molecule has 0 aromatic heterocycles. The number of rotatable bonds is 0. The highest BCUT2D eigenvalue weighted by Crippen LogP contribution is 2.34. The largest absolute Gasteiger partial charge is 0.312 e. The van der Waals surface area contributed by atoms with Crippen LogP contribution >= 0.6 is 15.9 Å². The highest BCUT2D eigenvalue weighted by atomic mass is 79.9. The average Bonchev–Trinajstić information content (AvgIpc) is 2.47. The van der Waals surface area contributed by atoms with Crippen LogP contribution < -0.4 is 4.90 Å². The molecule has 0 saturated carbocycles. The molecular weight excluding hydrogens is 242 g/mol. The van der Waals surface area contributed by atoms with Crippen LogP contribution in [0.4, 0.5) is 5.69 Å². The Morgan fingerprint density at radius 3 is 2.86 bits per heavy atom. The molecule has 2 rings (SSSR count). The summed E-state index contributed by atoms with van der Waals surface area (Å²) in [5.74, 6) is 0.133. The summed E-state index contributed by atoms with van der Waals surface area (Å²) in [5, 5.41) is 0. The van der Waals surface area contributed by atoms with Crippen molar-refractivity contribution < 1.29 is 4.79 Å². The average molecular weight is 254 g/mol. The molecular formula is C11H12BrNO. The molecule has 0 bridgehead atoms. The van der Waals surface area contributed by atoms with E-state index in [2.05, 4.69) is 28.1 Å². The first kappa shape index (κ1) is 9.71. The Balaban J connectivity index is 2.54. The van der Waals surface area contributed by atoms with Gasteiger partial charge in [-0.15, -0.1) is 0 Å². The van der Waals surface area contributed by atoms with Crippen LogP contribution in [-0.2, 0) is 11.2 Å². The highest BCUT2D eigenvalue weighted by Gasteiger charge is 2.23. The van der Waals surface area contributed by atoms with Gasteiger partial charge in [0.05, 0.1) is 0 Å². The molecule has 1 aliphatic rings. The van der Waals surface area contributed by atoms with E-state index in [0.29, 0.717) is 0 Å². The number of aryl methyl sites for hydroxylation is 1. The third-order valence-electron chi connectivity index (χ3n) is 2.60. The zero-order valence-corrected chi connectivity index (χ0v) is 9.89. The van der Waals surface area contributed by atoms with Crippen LogP contribution in [0.15, 0.2) is 16.6 Å². The van der Waals surface area contributed by atoms with Gasteiger partial charge in [0.15, 0.2) is 0 Å². The van der Waals surface area contributed by atoms with Crippen molar-refractivity contribution in [3.63, 3.8) is 0 Å². The number of carbonyl (C=O) groups is 1. The number of hydrogen-bond donors (Lipinski definition) is 0. The summed E-state index contributed by atoms with van der Waals surface area (Å²) in [6.45, 7) is 4.49. The van der Waals surface area contributed by atoms with Gasteiger partial charge in [-0.2, -0.15) is 0 Å². The second kappa shape index (κ2) is 3.39. The fourth-order valence-corrected chi connectivity index (χ4v) is 2.66. The third kappa shape index (κ3) is 1.46. The SMILES string of the molecule is CC(=O)N1CCc2cc(Br)cc(C)c21. The standard InChI is InChI=1S/C11H12BrNO/c1-7-5-10(12)6-9-3-4-13(8(2)14)11(7)9/h5-6H,3-4H2,1-2H3. The minimum absolute atomic E-state index is 0.133. The van der Waals surface area contributed by atoms with Crippen LogP contribution in [0.2, 0.25) is 0 Å². The Bertz CT molecular complexity index is 401. The third-order valence-corrected chi connectivity index (χ3v) is 3.06. The smallest absolute Gasteiger partial charge is 0.223 e. The Labute approximate surface area is 92.0 Å². The van der Waals surface area contributed by atoms with Gasteiger partial charge in [0.1, 0.15) is 0 Å². The lowest BCUT2D eigenvalue weighted by atomic mass is 10.1. The molecule has 0 spiro atoms. The predicted molar refractivity (Wildman–Crippen MR) is 60.6 cm³/mol. The van der Waals surface area contributed by atoms with Crippen molar-refractivity contribution in [3.8, 4) is 0 Å². The molecule has 2 nitrogen and oxygen atoms in total. The van der Waals surface area contributed by atoms with Gasteiger partial charge in [0.25, 0.3) is 0 Å². The van der Waals surface area contributed by atoms with Gasteiger partial charge in [-0.3, -0.25) is 4.79 Å². The van der Waals surface area contributed by atoms with Crippen LogP contribution in [0, 0.1) is 6.92 Å². The molecule has 0 unspecified atom stereocenters. The minimum atomic E-state index is 0.133. The molecule has 0 saturated heterocycles. The molecule has 0 N–H and O–H groups in total. The van der Waals surface area contributed by atoms with Crippen LogP contribution in [0.5, 0.6) is 0 Å². The van der Waals surface area contributed by atoms with E-state index in [9.17, 15) is 4.79 Å². The summed E-state index contributed by atoms with van der Waals surface area (Å²) < 4.78 is 1.10. The molecule has 1 aromatic carbocycles. The number of fused-ring (bicyclic) bond motifs is 1. The van der Waals surface area contributed by atoms with Crippen LogP contribution in [0.25, 0.3) is 0 Å². The fourth-order valence-electron chi connectivity index (χ4n) is 2.04. The summed E-state index contributed by atoms with van der Waals surface area (Å²) >= 11 is 3.47. The van der Waals surface area contributed by atoms with Crippen molar-refractivity contribution in [3.05, 3.63) is 27.7 Å². The Morgan fingerprint density at radius 1 is 1.50 bits per heavy atom. The van der Waals surface area contributed by atoms with E-state index >= 15 is 0 Å². The Kier molecular flexibility index (Phi) is 2.35. The molecule has 0 atom stereocenters. The highest BCUT2D eigenvalue weighted by molar-refractivity contribution is 9.10. The van der Waals surface area contributed by atoms with Crippen molar-refractivity contribution >= 4 is 27.5 Å². The predicted octanol–water partition coefficient (Wildman–Crippen LogP) is 2.67. The van der Waals surface area contributed by atoms with Crippen molar-refractivity contribution in [2.45, 2.75) is 20.3 Å². The normalized spacial score (nSPS) is 14.4. The minimum Gasteiger partial charge on any atom is -0.312 e. The first-order valence-electron chi connectivity index (χ1n) is 4.66.